The van der Waals surface area contributed by atoms with Crippen LogP contribution >= 0.6 is 0 Å². The SMILES string of the molecule is CC/C=C1/CC(C)C(C)c2ccccc2CC1CCC.CCCCCC(CCC)c1ccccc1C(=N)CC(C)CCc1ccccc1. The number of nitrogens with one attached hydrogen (secondary N) is 1. The average Bonchev–Trinajstić information content (AvgIpc) is 3.10. The molecule has 0 saturated carbocycles. The zero-order chi connectivity index (χ0) is 34.7. The van der Waals surface area contributed by atoms with E-state index in [1.54, 1.807) is 16.7 Å². The number of rotatable bonds is 16. The zero-order valence-corrected chi connectivity index (χ0v) is 31.9. The van der Waals surface area contributed by atoms with Crippen LogP contribution in [0.4, 0.5) is 0 Å². The molecule has 0 aromatic heterocycles. The molecule has 1 nitrogen and oxygen atoms in total. The van der Waals surface area contributed by atoms with Crippen LogP contribution in [0.1, 0.15) is 165 Å². The van der Waals surface area contributed by atoms with Crippen LogP contribution in [0.2, 0.25) is 0 Å². The van der Waals surface area contributed by atoms with Gasteiger partial charge in [-0.05, 0) is 115 Å². The quantitative estimate of drug-likeness (QED) is 0.0909. The summed E-state index contributed by atoms with van der Waals surface area (Å²) in [6, 6.07) is 28.6. The molecule has 3 aromatic carbocycles. The van der Waals surface area contributed by atoms with Crippen LogP contribution in [0.5, 0.6) is 0 Å². The molecule has 4 rings (SSSR count). The van der Waals surface area contributed by atoms with Crippen molar-refractivity contribution in [3.8, 4) is 0 Å². The molecule has 3 aromatic rings. The van der Waals surface area contributed by atoms with Crippen molar-refractivity contribution in [2.75, 3.05) is 0 Å². The Morgan fingerprint density at radius 2 is 1.48 bits per heavy atom. The second-order valence-electron chi connectivity index (χ2n) is 14.9. The number of benzene rings is 3. The van der Waals surface area contributed by atoms with Crippen molar-refractivity contribution >= 4 is 5.71 Å². The van der Waals surface area contributed by atoms with Crippen molar-refractivity contribution in [1.82, 2.24) is 0 Å². The van der Waals surface area contributed by atoms with E-state index in [1.165, 1.54) is 87.3 Å². The topological polar surface area (TPSA) is 23.9 Å². The first-order valence-corrected chi connectivity index (χ1v) is 19.8. The van der Waals surface area contributed by atoms with Gasteiger partial charge in [0.05, 0.1) is 0 Å². The van der Waals surface area contributed by atoms with E-state index in [0.29, 0.717) is 17.8 Å². The first-order chi connectivity index (χ1) is 23.3. The Balaban J connectivity index is 0.000000275. The van der Waals surface area contributed by atoms with Crippen molar-refractivity contribution in [3.63, 3.8) is 0 Å². The molecule has 1 aliphatic carbocycles. The van der Waals surface area contributed by atoms with Crippen LogP contribution in [0.3, 0.4) is 0 Å². The second kappa shape index (κ2) is 21.9. The lowest BCUT2D eigenvalue weighted by atomic mass is 9.73. The largest absolute Gasteiger partial charge is 0.305 e. The highest BCUT2D eigenvalue weighted by Crippen LogP contribution is 2.39. The maximum Gasteiger partial charge on any atom is 0.0391 e. The lowest BCUT2D eigenvalue weighted by Gasteiger charge is -2.32. The van der Waals surface area contributed by atoms with Gasteiger partial charge in [-0.25, -0.2) is 0 Å². The van der Waals surface area contributed by atoms with Gasteiger partial charge in [0.25, 0.3) is 0 Å². The minimum Gasteiger partial charge on any atom is -0.305 e. The summed E-state index contributed by atoms with van der Waals surface area (Å²) >= 11 is 0. The number of unbranched alkanes of at least 4 members (excludes halogenated alkanes) is 2. The number of fused-ring (bicyclic) bond motifs is 1. The van der Waals surface area contributed by atoms with E-state index in [2.05, 4.69) is 133 Å². The zero-order valence-electron chi connectivity index (χ0n) is 31.9. The fourth-order valence-electron chi connectivity index (χ4n) is 7.92. The second-order valence-corrected chi connectivity index (χ2v) is 14.9. The van der Waals surface area contributed by atoms with E-state index in [4.69, 9.17) is 5.41 Å². The molecule has 0 spiro atoms. The molecule has 0 fully saturated rings. The van der Waals surface area contributed by atoms with Crippen LogP contribution in [0, 0.1) is 23.2 Å². The minimum absolute atomic E-state index is 0.533. The normalized spacial score (nSPS) is 19.7. The Morgan fingerprint density at radius 3 is 2.19 bits per heavy atom. The summed E-state index contributed by atoms with van der Waals surface area (Å²) in [4.78, 5) is 0. The summed E-state index contributed by atoms with van der Waals surface area (Å²) in [7, 11) is 0. The van der Waals surface area contributed by atoms with Crippen LogP contribution in [-0.4, -0.2) is 5.71 Å². The molecule has 0 saturated heterocycles. The maximum atomic E-state index is 8.82. The van der Waals surface area contributed by atoms with Gasteiger partial charge in [-0.1, -0.05) is 171 Å². The fraction of sp³-hybridized carbons (Fsp3) is 0.553. The van der Waals surface area contributed by atoms with Crippen molar-refractivity contribution in [2.24, 2.45) is 17.8 Å². The monoisotopic (exact) mass is 648 g/mol. The van der Waals surface area contributed by atoms with Gasteiger partial charge < -0.3 is 5.41 Å². The van der Waals surface area contributed by atoms with Gasteiger partial charge in [-0.3, -0.25) is 0 Å². The third-order valence-electron chi connectivity index (χ3n) is 10.9. The van der Waals surface area contributed by atoms with E-state index >= 15 is 0 Å². The van der Waals surface area contributed by atoms with Gasteiger partial charge in [-0.15, -0.1) is 0 Å². The molecule has 5 atom stereocenters. The predicted molar refractivity (Wildman–Crippen MR) is 213 cm³/mol. The summed E-state index contributed by atoms with van der Waals surface area (Å²) in [5.41, 5.74) is 9.75. The third kappa shape index (κ3) is 12.5. The lowest BCUT2D eigenvalue weighted by Crippen LogP contribution is -2.19. The Bertz CT molecular complexity index is 1350. The fourth-order valence-corrected chi connectivity index (χ4v) is 7.92. The van der Waals surface area contributed by atoms with Gasteiger partial charge >= 0.3 is 0 Å². The number of hydrogen-bond donors (Lipinski definition) is 1. The predicted octanol–water partition coefficient (Wildman–Crippen LogP) is 14.3. The highest BCUT2D eigenvalue weighted by atomic mass is 14.4. The molecule has 262 valence electrons. The first-order valence-electron chi connectivity index (χ1n) is 19.8. The third-order valence-corrected chi connectivity index (χ3v) is 10.9. The summed E-state index contributed by atoms with van der Waals surface area (Å²) in [6.45, 7) is 16.3. The van der Waals surface area contributed by atoms with E-state index < -0.39 is 0 Å². The molecule has 1 N–H and O–H groups in total. The van der Waals surface area contributed by atoms with Gasteiger partial charge in [0.15, 0.2) is 0 Å². The Kier molecular flexibility index (Phi) is 18.0. The van der Waals surface area contributed by atoms with E-state index in [9.17, 15) is 0 Å². The van der Waals surface area contributed by atoms with Crippen LogP contribution in [0.25, 0.3) is 0 Å². The number of aryl methyl sites for hydroxylation is 1. The van der Waals surface area contributed by atoms with Crippen molar-refractivity contribution in [3.05, 3.63) is 118 Å². The molecule has 1 heteroatoms. The molecule has 5 unspecified atom stereocenters. The molecule has 0 amide bonds. The van der Waals surface area contributed by atoms with E-state index in [-0.39, 0.29) is 0 Å². The van der Waals surface area contributed by atoms with E-state index in [0.717, 1.165) is 36.8 Å². The molecule has 1 aliphatic rings. The molecule has 48 heavy (non-hydrogen) atoms. The highest BCUT2D eigenvalue weighted by molar-refractivity contribution is 5.99. The van der Waals surface area contributed by atoms with Gasteiger partial charge in [-0.2, -0.15) is 0 Å². The molecule has 0 radical (unpaired) electrons. The summed E-state index contributed by atoms with van der Waals surface area (Å²) in [5, 5.41) is 8.82. The van der Waals surface area contributed by atoms with Crippen molar-refractivity contribution < 1.29 is 0 Å². The van der Waals surface area contributed by atoms with Crippen molar-refractivity contribution in [1.29, 1.82) is 5.41 Å². The Labute approximate surface area is 296 Å². The number of hydrogen-bond acceptors (Lipinski definition) is 1. The van der Waals surface area contributed by atoms with Crippen LogP contribution < -0.4 is 0 Å². The lowest BCUT2D eigenvalue weighted by molar-refractivity contribution is 0.417. The Morgan fingerprint density at radius 1 is 0.771 bits per heavy atom. The standard InChI is InChI=1S/C27H39N.C20H30/c1-4-6-8-16-24(13-5-2)25-17-11-12-18-26(25)27(28)21-22(3)19-20-23-14-9-7-10-15-23;1-5-9-17-13-15(3)16(4)20-12-8-7-11-19(20)14-18(17)10-6-2/h7,9-12,14-15,17-18,22,24,28H,4-6,8,13,16,19-21H2,1-3H3;7-9,11-12,15-16,18H,5-6,10,13-14H2,1-4H3/b;17-9-. The minimum atomic E-state index is 0.533. The molecule has 0 heterocycles. The van der Waals surface area contributed by atoms with E-state index in [1.807, 2.05) is 0 Å². The van der Waals surface area contributed by atoms with Crippen LogP contribution in [0.15, 0.2) is 90.5 Å². The Hall–Kier alpha value is -2.93. The summed E-state index contributed by atoms with van der Waals surface area (Å²) in [6.07, 6.45) is 19.6. The van der Waals surface area contributed by atoms with Gasteiger partial charge in [0, 0.05) is 5.71 Å². The smallest absolute Gasteiger partial charge is 0.0391 e. The molecule has 0 aliphatic heterocycles. The van der Waals surface area contributed by atoms with Crippen LogP contribution in [-0.2, 0) is 12.8 Å². The summed E-state index contributed by atoms with van der Waals surface area (Å²) in [5.74, 6) is 3.32. The molecular weight excluding hydrogens is 579 g/mol. The average molecular weight is 648 g/mol. The van der Waals surface area contributed by atoms with Gasteiger partial charge in [0.2, 0.25) is 0 Å². The highest BCUT2D eigenvalue weighted by Gasteiger charge is 2.26. The summed E-state index contributed by atoms with van der Waals surface area (Å²) < 4.78 is 0. The molecule has 0 bridgehead atoms. The van der Waals surface area contributed by atoms with Crippen molar-refractivity contribution in [2.45, 2.75) is 150 Å². The number of allylic oxidation sites excluding steroid dienone is 2. The molecular formula is C47H69N. The van der Waals surface area contributed by atoms with Gasteiger partial charge in [0.1, 0.15) is 0 Å². The first kappa shape index (κ1) is 39.5. The maximum absolute atomic E-state index is 8.82.